The van der Waals surface area contributed by atoms with Crippen molar-refractivity contribution >= 4 is 65.0 Å². The van der Waals surface area contributed by atoms with E-state index < -0.39 is 137 Å². The number of carbonyl (C=O) groups excluding carboxylic acids is 11. The van der Waals surface area contributed by atoms with Crippen LogP contribution in [-0.4, -0.2) is 152 Å². The van der Waals surface area contributed by atoms with Gasteiger partial charge in [0.1, 0.15) is 60.4 Å². The molecule has 0 aliphatic carbocycles. The Balaban J connectivity index is 6.23. The lowest BCUT2D eigenvalue weighted by Crippen LogP contribution is -2.61. The molecular formula is C52H99N15O11. The summed E-state index contributed by atoms with van der Waals surface area (Å²) < 4.78 is 0. The van der Waals surface area contributed by atoms with E-state index in [1.165, 1.54) is 20.8 Å². The van der Waals surface area contributed by atoms with Gasteiger partial charge in [-0.2, -0.15) is 0 Å². The summed E-state index contributed by atoms with van der Waals surface area (Å²) in [5.74, 6) is -8.65. The van der Waals surface area contributed by atoms with Gasteiger partial charge in [0.25, 0.3) is 0 Å². The fourth-order valence-corrected chi connectivity index (χ4v) is 7.98. The summed E-state index contributed by atoms with van der Waals surface area (Å²) in [6, 6.07) is -11.4. The molecule has 0 aromatic carbocycles. The summed E-state index contributed by atoms with van der Waals surface area (Å²) in [4.78, 5) is 147. The van der Waals surface area contributed by atoms with Gasteiger partial charge in [0, 0.05) is 0 Å². The van der Waals surface area contributed by atoms with Gasteiger partial charge in [-0.3, -0.25) is 52.7 Å². The van der Waals surface area contributed by atoms with E-state index in [-0.39, 0.29) is 50.5 Å². The maximum Gasteiger partial charge on any atom is 0.243 e. The Hall–Kier alpha value is -5.99. The summed E-state index contributed by atoms with van der Waals surface area (Å²) in [6.07, 6.45) is 4.35. The van der Waals surface area contributed by atoms with Crippen LogP contribution in [0.25, 0.3) is 0 Å². The second-order valence-electron chi connectivity index (χ2n) is 21.4. The monoisotopic (exact) mass is 1110 g/mol. The van der Waals surface area contributed by atoms with Crippen LogP contribution in [0.3, 0.4) is 0 Å². The largest absolute Gasteiger partial charge is 0.368 e. The number of unbranched alkanes of at least 4 members (excludes halogenated alkanes) is 3. The van der Waals surface area contributed by atoms with Crippen molar-refractivity contribution in [1.29, 1.82) is 0 Å². The second-order valence-corrected chi connectivity index (χ2v) is 21.4. The standard InChI is InChI=1S/C52H99N15O11/c1-12-31(8)42(67-48(74)35(19-13-16-22-53)61-40(68)27-56)52(78)60-33(10)44(70)62-37(21-15-18-24-55)49(75)66-41(30(6)7)51(77)59-34(11)46(72)65-39(26-29(4)5)50(76)63-36(20-14-17-23-54)47(73)58-32(9)45(71)64-38(43(57)69)25-28(2)3/h28-39,41-42H,12-27,53-56H2,1-11H3,(H2,57,69)(H,58,73)(H,59,77)(H,60,78)(H,61,68)(H,62,70)(H,63,76)(H,64,71)(H,65,72)(H,66,75)(H,67,74)/t31-,32-,33-,34-,35-,36-,37-,38-,39-,41-,42-/m0/s1. The predicted octanol–water partition coefficient (Wildman–Crippen LogP) is -2.48. The Morgan fingerprint density at radius 3 is 1.05 bits per heavy atom. The molecular weight excluding hydrogens is 1010 g/mol. The molecule has 26 nitrogen and oxygen atoms in total. The number of nitrogens with one attached hydrogen (secondary N) is 10. The van der Waals surface area contributed by atoms with Gasteiger partial charge in [0.2, 0.25) is 65.0 Å². The normalized spacial score (nSPS) is 15.6. The molecule has 0 aliphatic heterocycles. The molecule has 0 aromatic heterocycles. The first kappa shape index (κ1) is 72.0. The third kappa shape index (κ3) is 28.1. The zero-order valence-electron chi connectivity index (χ0n) is 48.3. The molecule has 0 bridgehead atoms. The molecule has 0 aromatic rings. The summed E-state index contributed by atoms with van der Waals surface area (Å²) >= 11 is 0. The lowest BCUT2D eigenvalue weighted by atomic mass is 9.97. The summed E-state index contributed by atoms with van der Waals surface area (Å²) in [7, 11) is 0. The van der Waals surface area contributed by atoms with Gasteiger partial charge < -0.3 is 81.8 Å². The number of nitrogens with two attached hydrogens (primary N) is 5. The van der Waals surface area contributed by atoms with Crippen LogP contribution in [-0.2, 0) is 52.7 Å². The fraction of sp³-hybridized carbons (Fsp3) is 0.788. The van der Waals surface area contributed by atoms with Gasteiger partial charge in [-0.05, 0) is 135 Å². The van der Waals surface area contributed by atoms with Crippen LogP contribution in [0.2, 0.25) is 0 Å². The Bertz CT molecular complexity index is 1940. The molecule has 11 amide bonds. The average molecular weight is 1110 g/mol. The number of amides is 11. The highest BCUT2D eigenvalue weighted by Gasteiger charge is 2.36. The zero-order valence-corrected chi connectivity index (χ0v) is 48.3. The Morgan fingerprint density at radius 1 is 0.359 bits per heavy atom. The number of carbonyl (C=O) groups is 11. The molecule has 0 rings (SSSR count). The maximum absolute atomic E-state index is 14.0. The minimum absolute atomic E-state index is 0.0374. The molecule has 20 N–H and O–H groups in total. The topological polar surface area (TPSA) is 438 Å². The molecule has 0 aliphatic rings. The van der Waals surface area contributed by atoms with E-state index >= 15 is 0 Å². The van der Waals surface area contributed by atoms with E-state index in [0.29, 0.717) is 64.6 Å². The highest BCUT2D eigenvalue weighted by molar-refractivity contribution is 5.98. The molecule has 448 valence electrons. The molecule has 78 heavy (non-hydrogen) atoms. The molecule has 0 radical (unpaired) electrons. The predicted molar refractivity (Wildman–Crippen MR) is 296 cm³/mol. The molecule has 26 heteroatoms. The SMILES string of the molecule is CC[C@H](C)[C@H](NC(=O)[C@H](CCCCN)NC(=O)CN)C(=O)N[C@@H](C)C(=O)N[C@@H](CCCCN)C(=O)N[C@H](C(=O)N[C@@H](C)C(=O)N[C@@H](CC(C)C)C(=O)N[C@@H](CCCCN)C(=O)N[C@@H](C)C(=O)N[C@@H](CC(C)C)C(N)=O)C(C)C. The lowest BCUT2D eigenvalue weighted by molar-refractivity contribution is -0.136. The Labute approximate surface area is 461 Å². The molecule has 0 heterocycles. The van der Waals surface area contributed by atoms with E-state index in [9.17, 15) is 52.7 Å². The highest BCUT2D eigenvalue weighted by atomic mass is 16.2. The van der Waals surface area contributed by atoms with Crippen molar-refractivity contribution in [1.82, 2.24) is 53.2 Å². The summed E-state index contributed by atoms with van der Waals surface area (Å²) in [5, 5.41) is 26.4. The van der Waals surface area contributed by atoms with Gasteiger partial charge in [-0.15, -0.1) is 0 Å². The Morgan fingerprint density at radius 2 is 0.679 bits per heavy atom. The fourth-order valence-electron chi connectivity index (χ4n) is 7.98. The van der Waals surface area contributed by atoms with Crippen LogP contribution >= 0.6 is 0 Å². The van der Waals surface area contributed by atoms with Crippen molar-refractivity contribution in [2.24, 2.45) is 52.3 Å². The van der Waals surface area contributed by atoms with Crippen LogP contribution in [0.5, 0.6) is 0 Å². The number of hydrogen-bond acceptors (Lipinski definition) is 15. The average Bonchev–Trinajstić information content (AvgIpc) is 3.36. The minimum Gasteiger partial charge on any atom is -0.368 e. The summed E-state index contributed by atoms with van der Waals surface area (Å²) in [6.45, 7) is 19.1. The number of hydrogen-bond donors (Lipinski definition) is 15. The van der Waals surface area contributed by atoms with Gasteiger partial charge >= 0.3 is 0 Å². The molecule has 0 fully saturated rings. The van der Waals surface area contributed by atoms with Crippen molar-refractivity contribution in [3.8, 4) is 0 Å². The van der Waals surface area contributed by atoms with Crippen molar-refractivity contribution < 1.29 is 52.7 Å². The van der Waals surface area contributed by atoms with Gasteiger partial charge in [-0.1, -0.05) is 61.8 Å². The molecule has 0 saturated carbocycles. The van der Waals surface area contributed by atoms with Crippen LogP contribution < -0.4 is 81.8 Å². The quantitative estimate of drug-likeness (QED) is 0.0283. The number of primary amides is 1. The highest BCUT2D eigenvalue weighted by Crippen LogP contribution is 2.13. The third-order valence-electron chi connectivity index (χ3n) is 12.9. The lowest BCUT2D eigenvalue weighted by Gasteiger charge is -2.29. The molecule has 0 saturated heterocycles. The second kappa shape index (κ2) is 38.6. The van der Waals surface area contributed by atoms with E-state index in [2.05, 4.69) is 53.2 Å². The zero-order chi connectivity index (χ0) is 59.8. The smallest absolute Gasteiger partial charge is 0.243 e. The van der Waals surface area contributed by atoms with Crippen LogP contribution in [0, 0.1) is 23.7 Å². The van der Waals surface area contributed by atoms with Gasteiger partial charge in [0.15, 0.2) is 0 Å². The minimum atomic E-state index is -1.25. The van der Waals surface area contributed by atoms with E-state index in [0.717, 1.165) is 0 Å². The maximum atomic E-state index is 14.0. The van der Waals surface area contributed by atoms with Crippen molar-refractivity contribution in [3.63, 3.8) is 0 Å². The van der Waals surface area contributed by atoms with Crippen molar-refractivity contribution in [3.05, 3.63) is 0 Å². The van der Waals surface area contributed by atoms with Crippen molar-refractivity contribution in [2.75, 3.05) is 26.2 Å². The van der Waals surface area contributed by atoms with Gasteiger partial charge in [0.05, 0.1) is 6.54 Å². The molecule has 11 atom stereocenters. The van der Waals surface area contributed by atoms with Crippen molar-refractivity contribution in [2.45, 2.75) is 214 Å². The summed E-state index contributed by atoms with van der Waals surface area (Å²) in [5.41, 5.74) is 28.0. The first-order valence-electron chi connectivity index (χ1n) is 27.7. The third-order valence-corrected chi connectivity index (χ3v) is 12.9. The van der Waals surface area contributed by atoms with E-state index in [1.54, 1.807) is 20.8 Å². The molecule has 0 spiro atoms. The van der Waals surface area contributed by atoms with Crippen LogP contribution in [0.15, 0.2) is 0 Å². The van der Waals surface area contributed by atoms with E-state index in [1.807, 2.05) is 34.6 Å². The van der Waals surface area contributed by atoms with Crippen LogP contribution in [0.1, 0.15) is 153 Å². The van der Waals surface area contributed by atoms with Crippen LogP contribution in [0.4, 0.5) is 0 Å². The first-order chi connectivity index (χ1) is 36.6. The molecule has 0 unspecified atom stereocenters. The Kier molecular flexibility index (Phi) is 35.6. The van der Waals surface area contributed by atoms with Gasteiger partial charge in [-0.25, -0.2) is 0 Å². The first-order valence-corrected chi connectivity index (χ1v) is 27.7. The number of rotatable bonds is 40. The van der Waals surface area contributed by atoms with E-state index in [4.69, 9.17) is 28.7 Å².